The van der Waals surface area contributed by atoms with Gasteiger partial charge in [0.15, 0.2) is 0 Å². The lowest BCUT2D eigenvalue weighted by Crippen LogP contribution is -2.33. The normalized spacial score (nSPS) is 21.2. The number of nitrogens with two attached hydrogens (primary N) is 1. The maximum atomic E-state index is 9.18. The molecule has 0 spiro atoms. The highest BCUT2D eigenvalue weighted by Crippen LogP contribution is 2.27. The zero-order valence-electron chi connectivity index (χ0n) is 6.66. The fourth-order valence-electron chi connectivity index (χ4n) is 1.40. The SMILES string of the molecule is NC1COc2ccc(O)cc2C1. The molecule has 1 atom stereocenters. The summed E-state index contributed by atoms with van der Waals surface area (Å²) < 4.78 is 5.35. The van der Waals surface area contributed by atoms with Crippen LogP contribution in [0.5, 0.6) is 11.5 Å². The first-order chi connectivity index (χ1) is 5.75. The van der Waals surface area contributed by atoms with E-state index in [1.54, 1.807) is 18.2 Å². The van der Waals surface area contributed by atoms with Gasteiger partial charge < -0.3 is 15.6 Å². The van der Waals surface area contributed by atoms with Crippen LogP contribution in [0.3, 0.4) is 0 Å². The van der Waals surface area contributed by atoms with Gasteiger partial charge in [-0.25, -0.2) is 0 Å². The molecule has 0 aliphatic carbocycles. The van der Waals surface area contributed by atoms with E-state index < -0.39 is 0 Å². The van der Waals surface area contributed by atoms with Crippen molar-refractivity contribution in [1.29, 1.82) is 0 Å². The van der Waals surface area contributed by atoms with Gasteiger partial charge in [0.05, 0.1) is 0 Å². The monoisotopic (exact) mass is 165 g/mol. The second-order valence-corrected chi connectivity index (χ2v) is 3.07. The summed E-state index contributed by atoms with van der Waals surface area (Å²) in [7, 11) is 0. The number of aromatic hydroxyl groups is 1. The van der Waals surface area contributed by atoms with Crippen LogP contribution in [0.1, 0.15) is 5.56 Å². The van der Waals surface area contributed by atoms with Crippen LogP contribution in [0, 0.1) is 0 Å². The minimum atomic E-state index is 0.0549. The van der Waals surface area contributed by atoms with E-state index in [0.717, 1.165) is 17.7 Å². The van der Waals surface area contributed by atoms with Crippen molar-refractivity contribution in [2.45, 2.75) is 12.5 Å². The number of fused-ring (bicyclic) bond motifs is 1. The first kappa shape index (κ1) is 7.43. The van der Waals surface area contributed by atoms with Crippen molar-refractivity contribution in [2.75, 3.05) is 6.61 Å². The third kappa shape index (κ3) is 1.23. The van der Waals surface area contributed by atoms with Crippen LogP contribution >= 0.6 is 0 Å². The molecule has 12 heavy (non-hydrogen) atoms. The summed E-state index contributed by atoms with van der Waals surface area (Å²) in [6.07, 6.45) is 0.781. The molecule has 2 rings (SSSR count). The Hall–Kier alpha value is -1.22. The van der Waals surface area contributed by atoms with Gasteiger partial charge in [0.1, 0.15) is 18.1 Å². The molecule has 64 valence electrons. The van der Waals surface area contributed by atoms with Crippen molar-refractivity contribution >= 4 is 0 Å². The van der Waals surface area contributed by atoms with Crippen molar-refractivity contribution in [3.63, 3.8) is 0 Å². The largest absolute Gasteiger partial charge is 0.508 e. The lowest BCUT2D eigenvalue weighted by Gasteiger charge is -2.22. The zero-order chi connectivity index (χ0) is 8.55. The first-order valence-electron chi connectivity index (χ1n) is 3.96. The van der Waals surface area contributed by atoms with E-state index in [-0.39, 0.29) is 11.8 Å². The number of hydrogen-bond acceptors (Lipinski definition) is 3. The van der Waals surface area contributed by atoms with E-state index in [1.807, 2.05) is 0 Å². The summed E-state index contributed by atoms with van der Waals surface area (Å²) in [5.74, 6) is 1.11. The molecule has 1 aliphatic rings. The standard InChI is InChI=1S/C9H11NO2/c10-7-3-6-4-8(11)1-2-9(6)12-5-7/h1-2,4,7,11H,3,5,10H2. The molecule has 3 heteroatoms. The molecule has 0 saturated carbocycles. The Morgan fingerprint density at radius 3 is 3.17 bits per heavy atom. The van der Waals surface area contributed by atoms with Gasteiger partial charge in [-0.05, 0) is 30.2 Å². The first-order valence-corrected chi connectivity index (χ1v) is 3.96. The zero-order valence-corrected chi connectivity index (χ0v) is 6.66. The number of benzene rings is 1. The van der Waals surface area contributed by atoms with E-state index in [4.69, 9.17) is 10.5 Å². The van der Waals surface area contributed by atoms with Gasteiger partial charge in [-0.1, -0.05) is 0 Å². The van der Waals surface area contributed by atoms with Gasteiger partial charge in [-0.2, -0.15) is 0 Å². The van der Waals surface area contributed by atoms with Gasteiger partial charge in [0.25, 0.3) is 0 Å². The molecule has 1 aliphatic heterocycles. The predicted molar refractivity (Wildman–Crippen MR) is 45.3 cm³/mol. The van der Waals surface area contributed by atoms with Crippen molar-refractivity contribution in [3.05, 3.63) is 23.8 Å². The topological polar surface area (TPSA) is 55.5 Å². The predicted octanol–water partition coefficient (Wildman–Crippen LogP) is 0.654. The molecule has 1 unspecified atom stereocenters. The molecule has 0 saturated heterocycles. The average Bonchev–Trinajstić information content (AvgIpc) is 2.03. The van der Waals surface area contributed by atoms with E-state index >= 15 is 0 Å². The third-order valence-corrected chi connectivity index (χ3v) is 1.98. The summed E-state index contributed by atoms with van der Waals surface area (Å²) in [5.41, 5.74) is 6.69. The highest BCUT2D eigenvalue weighted by atomic mass is 16.5. The second kappa shape index (κ2) is 2.68. The molecule has 3 N–H and O–H groups in total. The Bertz CT molecular complexity index is 299. The van der Waals surface area contributed by atoms with Crippen LogP contribution in [0.4, 0.5) is 0 Å². The molecule has 0 radical (unpaired) electrons. The summed E-state index contributed by atoms with van der Waals surface area (Å²) in [5, 5.41) is 9.18. The highest BCUT2D eigenvalue weighted by molar-refractivity contribution is 5.41. The van der Waals surface area contributed by atoms with Gasteiger partial charge in [-0.15, -0.1) is 0 Å². The molecule has 0 fully saturated rings. The molecular formula is C9H11NO2. The Morgan fingerprint density at radius 1 is 1.50 bits per heavy atom. The van der Waals surface area contributed by atoms with Crippen LogP contribution in [0.2, 0.25) is 0 Å². The van der Waals surface area contributed by atoms with Crippen molar-refractivity contribution in [1.82, 2.24) is 0 Å². The van der Waals surface area contributed by atoms with Crippen molar-refractivity contribution in [2.24, 2.45) is 5.73 Å². The van der Waals surface area contributed by atoms with Crippen LogP contribution in [-0.4, -0.2) is 17.8 Å². The van der Waals surface area contributed by atoms with Gasteiger partial charge in [0, 0.05) is 6.04 Å². The maximum absolute atomic E-state index is 9.18. The minimum absolute atomic E-state index is 0.0549. The third-order valence-electron chi connectivity index (χ3n) is 1.98. The lowest BCUT2D eigenvalue weighted by atomic mass is 10.0. The number of ether oxygens (including phenoxy) is 1. The summed E-state index contributed by atoms with van der Waals surface area (Å²) in [4.78, 5) is 0. The molecular weight excluding hydrogens is 154 g/mol. The van der Waals surface area contributed by atoms with Crippen LogP contribution in [0.15, 0.2) is 18.2 Å². The molecule has 0 aromatic heterocycles. The van der Waals surface area contributed by atoms with Crippen molar-refractivity contribution in [3.8, 4) is 11.5 Å². The van der Waals surface area contributed by atoms with E-state index in [0.29, 0.717) is 6.61 Å². The Morgan fingerprint density at radius 2 is 2.33 bits per heavy atom. The molecule has 1 aromatic rings. The van der Waals surface area contributed by atoms with E-state index in [9.17, 15) is 5.11 Å². The van der Waals surface area contributed by atoms with E-state index in [2.05, 4.69) is 0 Å². The molecule has 1 aromatic carbocycles. The van der Waals surface area contributed by atoms with Crippen LogP contribution in [-0.2, 0) is 6.42 Å². The minimum Gasteiger partial charge on any atom is -0.508 e. The number of phenols is 1. The smallest absolute Gasteiger partial charge is 0.122 e. The second-order valence-electron chi connectivity index (χ2n) is 3.07. The highest BCUT2D eigenvalue weighted by Gasteiger charge is 2.16. The Labute approximate surface area is 70.8 Å². The summed E-state index contributed by atoms with van der Waals surface area (Å²) >= 11 is 0. The van der Waals surface area contributed by atoms with Crippen LogP contribution in [0.25, 0.3) is 0 Å². The fraction of sp³-hybridized carbons (Fsp3) is 0.333. The molecule has 1 heterocycles. The number of phenolic OH excluding ortho intramolecular Hbond substituents is 1. The lowest BCUT2D eigenvalue weighted by molar-refractivity contribution is 0.263. The van der Waals surface area contributed by atoms with Gasteiger partial charge in [-0.3, -0.25) is 0 Å². The summed E-state index contributed by atoms with van der Waals surface area (Å²) in [6.45, 7) is 0.567. The number of hydrogen-bond donors (Lipinski definition) is 2. The Kier molecular flexibility index (Phi) is 1.66. The number of rotatable bonds is 0. The van der Waals surface area contributed by atoms with Crippen molar-refractivity contribution < 1.29 is 9.84 Å². The Balaban J connectivity index is 2.37. The van der Waals surface area contributed by atoms with E-state index in [1.165, 1.54) is 0 Å². The molecule has 3 nitrogen and oxygen atoms in total. The molecule has 0 bridgehead atoms. The quantitative estimate of drug-likeness (QED) is 0.593. The van der Waals surface area contributed by atoms with Gasteiger partial charge >= 0.3 is 0 Å². The van der Waals surface area contributed by atoms with Gasteiger partial charge in [0.2, 0.25) is 0 Å². The molecule has 0 amide bonds. The fourth-order valence-corrected chi connectivity index (χ4v) is 1.40. The average molecular weight is 165 g/mol. The maximum Gasteiger partial charge on any atom is 0.122 e. The summed E-state index contributed by atoms with van der Waals surface area (Å²) in [6, 6.07) is 5.15. The van der Waals surface area contributed by atoms with Crippen LogP contribution < -0.4 is 10.5 Å².